The highest BCUT2D eigenvalue weighted by Crippen LogP contribution is 2.24. The van der Waals surface area contributed by atoms with Gasteiger partial charge in [-0.2, -0.15) is 0 Å². The molecule has 0 spiro atoms. The third-order valence-electron chi connectivity index (χ3n) is 3.12. The van der Waals surface area contributed by atoms with Crippen LogP contribution in [0.3, 0.4) is 0 Å². The van der Waals surface area contributed by atoms with E-state index in [9.17, 15) is 13.2 Å². The number of halogens is 3. The lowest BCUT2D eigenvalue weighted by Gasteiger charge is -2.06. The van der Waals surface area contributed by atoms with Crippen molar-refractivity contribution in [2.75, 3.05) is 0 Å². The predicted molar refractivity (Wildman–Crippen MR) is 73.1 cm³/mol. The summed E-state index contributed by atoms with van der Waals surface area (Å²) in [6.45, 7) is 1.63. The van der Waals surface area contributed by atoms with Gasteiger partial charge in [0.05, 0.1) is 11.2 Å². The molecule has 0 bridgehead atoms. The second-order valence-corrected chi connectivity index (χ2v) is 4.87. The topological polar surface area (TPSA) is 20.7 Å². The second kappa shape index (κ2) is 4.49. The molecule has 1 aromatic heterocycles. The molecule has 102 valence electrons. The molecule has 0 saturated heterocycles. The fourth-order valence-corrected chi connectivity index (χ4v) is 2.42. The van der Waals surface area contributed by atoms with E-state index >= 15 is 0 Å². The van der Waals surface area contributed by atoms with E-state index in [0.717, 1.165) is 12.1 Å². The molecule has 0 radical (unpaired) electrons. The number of imidazole rings is 1. The van der Waals surface area contributed by atoms with Crippen molar-refractivity contribution < 1.29 is 13.2 Å². The third kappa shape index (κ3) is 1.92. The van der Waals surface area contributed by atoms with Crippen LogP contribution in [0.2, 0.25) is 0 Å². The average molecular weight is 294 g/mol. The molecule has 0 aliphatic rings. The molecule has 3 aromatic rings. The van der Waals surface area contributed by atoms with Gasteiger partial charge in [0.1, 0.15) is 17.2 Å². The first-order chi connectivity index (χ1) is 9.47. The average Bonchev–Trinajstić information content (AvgIpc) is 2.70. The molecular weight excluding hydrogens is 285 g/mol. The Kier molecular flexibility index (Phi) is 2.90. The molecule has 1 N–H and O–H groups in total. The number of fused-ring (bicyclic) bond motifs is 1. The molecule has 2 nitrogen and oxygen atoms in total. The number of nitrogens with one attached hydrogen (secondary N) is 1. The van der Waals surface area contributed by atoms with Gasteiger partial charge in [-0.05, 0) is 36.8 Å². The monoisotopic (exact) mass is 294 g/mol. The molecule has 0 saturated carbocycles. The van der Waals surface area contributed by atoms with E-state index in [0.29, 0.717) is 11.3 Å². The SMILES string of the molecule is Cc1ccc(-n2c(=S)[nH]c3c(F)cc(F)cc32)cc1F. The largest absolute Gasteiger partial charge is 0.328 e. The van der Waals surface area contributed by atoms with Crippen LogP contribution in [0, 0.1) is 29.1 Å². The van der Waals surface area contributed by atoms with E-state index in [1.165, 1.54) is 10.6 Å². The Morgan fingerprint density at radius 1 is 1.05 bits per heavy atom. The van der Waals surface area contributed by atoms with E-state index in [4.69, 9.17) is 12.2 Å². The maximum atomic E-state index is 13.7. The van der Waals surface area contributed by atoms with Crippen LogP contribution in [0.15, 0.2) is 30.3 Å². The number of benzene rings is 2. The molecule has 0 amide bonds. The minimum absolute atomic E-state index is 0.0948. The van der Waals surface area contributed by atoms with E-state index in [-0.39, 0.29) is 15.8 Å². The van der Waals surface area contributed by atoms with Crippen LogP contribution < -0.4 is 0 Å². The van der Waals surface area contributed by atoms with Gasteiger partial charge in [-0.1, -0.05) is 6.07 Å². The Morgan fingerprint density at radius 2 is 1.80 bits per heavy atom. The van der Waals surface area contributed by atoms with E-state index in [1.807, 2.05) is 0 Å². The van der Waals surface area contributed by atoms with Crippen molar-refractivity contribution in [3.05, 3.63) is 58.1 Å². The molecule has 0 fully saturated rings. The summed E-state index contributed by atoms with van der Waals surface area (Å²) in [5.74, 6) is -1.86. The first-order valence-electron chi connectivity index (χ1n) is 5.83. The quantitative estimate of drug-likeness (QED) is 0.659. The van der Waals surface area contributed by atoms with Gasteiger partial charge in [0.25, 0.3) is 0 Å². The Balaban J connectivity index is 2.38. The minimum atomic E-state index is -0.738. The summed E-state index contributed by atoms with van der Waals surface area (Å²) in [7, 11) is 0. The molecule has 0 aliphatic heterocycles. The molecular formula is C14H9F3N2S. The summed E-state index contributed by atoms with van der Waals surface area (Å²) in [6, 6.07) is 6.43. The summed E-state index contributed by atoms with van der Waals surface area (Å²) in [6.07, 6.45) is 0. The molecule has 3 rings (SSSR count). The Hall–Kier alpha value is -2.08. The number of H-pyrrole nitrogens is 1. The van der Waals surface area contributed by atoms with Gasteiger partial charge in [0.15, 0.2) is 10.6 Å². The Bertz CT molecular complexity index is 880. The second-order valence-electron chi connectivity index (χ2n) is 4.48. The van der Waals surface area contributed by atoms with Crippen molar-refractivity contribution in [2.24, 2.45) is 0 Å². The number of hydrogen-bond acceptors (Lipinski definition) is 1. The number of nitrogens with zero attached hydrogens (tertiary/aromatic N) is 1. The van der Waals surface area contributed by atoms with Crippen molar-refractivity contribution >= 4 is 23.3 Å². The van der Waals surface area contributed by atoms with Gasteiger partial charge < -0.3 is 4.98 Å². The predicted octanol–water partition coefficient (Wildman–Crippen LogP) is 4.41. The van der Waals surface area contributed by atoms with Crippen LogP contribution in [-0.4, -0.2) is 9.55 Å². The molecule has 0 aliphatic carbocycles. The zero-order valence-corrected chi connectivity index (χ0v) is 11.2. The number of aromatic nitrogens is 2. The smallest absolute Gasteiger partial charge is 0.182 e. The number of rotatable bonds is 1. The molecule has 0 atom stereocenters. The highest BCUT2D eigenvalue weighted by atomic mass is 32.1. The van der Waals surface area contributed by atoms with E-state index < -0.39 is 17.5 Å². The van der Waals surface area contributed by atoms with Crippen molar-refractivity contribution in [3.8, 4) is 5.69 Å². The lowest BCUT2D eigenvalue weighted by atomic mass is 10.2. The highest BCUT2D eigenvalue weighted by molar-refractivity contribution is 7.71. The number of aryl methyl sites for hydroxylation is 1. The van der Waals surface area contributed by atoms with Gasteiger partial charge in [0, 0.05) is 12.1 Å². The Labute approximate surface area is 117 Å². The summed E-state index contributed by atoms with van der Waals surface area (Å²) in [5, 5.41) is 0. The van der Waals surface area contributed by atoms with Crippen molar-refractivity contribution in [1.82, 2.24) is 9.55 Å². The van der Waals surface area contributed by atoms with E-state index in [2.05, 4.69) is 4.98 Å². The number of hydrogen-bond donors (Lipinski definition) is 1. The first kappa shape index (κ1) is 12.9. The van der Waals surface area contributed by atoms with Crippen molar-refractivity contribution in [1.29, 1.82) is 0 Å². The first-order valence-corrected chi connectivity index (χ1v) is 6.24. The van der Waals surface area contributed by atoms with Crippen molar-refractivity contribution in [2.45, 2.75) is 6.92 Å². The van der Waals surface area contributed by atoms with Gasteiger partial charge in [-0.3, -0.25) is 4.57 Å². The third-order valence-corrected chi connectivity index (χ3v) is 3.41. The van der Waals surface area contributed by atoms with Gasteiger partial charge in [-0.25, -0.2) is 13.2 Å². The normalized spacial score (nSPS) is 11.2. The van der Waals surface area contributed by atoms with Crippen LogP contribution in [0.1, 0.15) is 5.56 Å². The fraction of sp³-hybridized carbons (Fsp3) is 0.0714. The molecule has 6 heteroatoms. The molecule has 20 heavy (non-hydrogen) atoms. The zero-order chi connectivity index (χ0) is 14.4. The van der Waals surface area contributed by atoms with Crippen LogP contribution in [0.5, 0.6) is 0 Å². The van der Waals surface area contributed by atoms with Gasteiger partial charge >= 0.3 is 0 Å². The van der Waals surface area contributed by atoms with Gasteiger partial charge in [-0.15, -0.1) is 0 Å². The summed E-state index contributed by atoms with van der Waals surface area (Å²) < 4.78 is 42.3. The lowest BCUT2D eigenvalue weighted by Crippen LogP contribution is -1.96. The van der Waals surface area contributed by atoms with Crippen molar-refractivity contribution in [3.63, 3.8) is 0 Å². The zero-order valence-electron chi connectivity index (χ0n) is 10.4. The van der Waals surface area contributed by atoms with Crippen LogP contribution in [0.4, 0.5) is 13.2 Å². The summed E-state index contributed by atoms with van der Waals surface area (Å²) in [5.41, 5.74) is 1.22. The standard InChI is InChI=1S/C14H9F3N2S/c1-7-2-3-9(6-10(7)16)19-12-5-8(15)4-11(17)13(12)18-14(19)20/h2-6H,1H3,(H,18,20). The molecule has 2 aromatic carbocycles. The molecule has 1 heterocycles. The van der Waals surface area contributed by atoms with Gasteiger partial charge in [0.2, 0.25) is 0 Å². The summed E-state index contributed by atoms with van der Waals surface area (Å²) in [4.78, 5) is 2.67. The number of aromatic amines is 1. The maximum Gasteiger partial charge on any atom is 0.182 e. The maximum absolute atomic E-state index is 13.7. The highest BCUT2D eigenvalue weighted by Gasteiger charge is 2.13. The summed E-state index contributed by atoms with van der Waals surface area (Å²) >= 11 is 5.11. The Morgan fingerprint density at radius 3 is 2.50 bits per heavy atom. The fourth-order valence-electron chi connectivity index (χ4n) is 2.11. The minimum Gasteiger partial charge on any atom is -0.328 e. The lowest BCUT2D eigenvalue weighted by molar-refractivity contribution is 0.590. The van der Waals surface area contributed by atoms with Crippen LogP contribution >= 0.6 is 12.2 Å². The van der Waals surface area contributed by atoms with Crippen LogP contribution in [-0.2, 0) is 0 Å². The van der Waals surface area contributed by atoms with E-state index in [1.54, 1.807) is 19.1 Å². The molecule has 0 unspecified atom stereocenters. The van der Waals surface area contributed by atoms with Crippen LogP contribution in [0.25, 0.3) is 16.7 Å².